The van der Waals surface area contributed by atoms with Crippen LogP contribution in [0.1, 0.15) is 32.0 Å². The van der Waals surface area contributed by atoms with Crippen LogP contribution in [-0.4, -0.2) is 4.98 Å². The Labute approximate surface area is 110 Å². The average Bonchev–Trinajstić information content (AvgIpc) is 2.26. The van der Waals surface area contributed by atoms with Crippen LogP contribution in [0.5, 0.6) is 0 Å². The molecule has 0 aliphatic heterocycles. The van der Waals surface area contributed by atoms with Gasteiger partial charge in [-0.3, -0.25) is 9.71 Å². The van der Waals surface area contributed by atoms with Crippen molar-refractivity contribution < 1.29 is 4.39 Å². The SMILES string of the molecule is C#C.CC(C)C.Cc1ncc(CNS)cc1F. The van der Waals surface area contributed by atoms with E-state index in [1.807, 2.05) is 0 Å². The minimum absolute atomic E-state index is 0.272. The fourth-order valence-electron chi connectivity index (χ4n) is 0.734. The largest absolute Gasteiger partial charge is 0.262 e. The summed E-state index contributed by atoms with van der Waals surface area (Å²) in [6, 6.07) is 1.45. The molecule has 0 unspecified atom stereocenters. The molecule has 0 amide bonds. The van der Waals surface area contributed by atoms with E-state index in [0.29, 0.717) is 12.2 Å². The summed E-state index contributed by atoms with van der Waals surface area (Å²) >= 11 is 3.79. The lowest BCUT2D eigenvalue weighted by atomic mass is 10.2. The average molecular weight is 256 g/mol. The Morgan fingerprint density at radius 1 is 1.41 bits per heavy atom. The Hall–Kier alpha value is -1.05. The molecular formula is C13H21FN2S. The van der Waals surface area contributed by atoms with Crippen LogP contribution in [0.3, 0.4) is 0 Å². The Kier molecular flexibility index (Phi) is 12.3. The minimum Gasteiger partial charge on any atom is -0.262 e. The number of rotatable bonds is 2. The quantitative estimate of drug-likeness (QED) is 0.626. The van der Waals surface area contributed by atoms with Crippen LogP contribution < -0.4 is 4.72 Å². The van der Waals surface area contributed by atoms with Gasteiger partial charge in [-0.2, -0.15) is 0 Å². The molecule has 0 saturated heterocycles. The van der Waals surface area contributed by atoms with Crippen LogP contribution >= 0.6 is 12.8 Å². The normalized spacial score (nSPS) is 8.76. The van der Waals surface area contributed by atoms with E-state index in [4.69, 9.17) is 0 Å². The third-order valence-electron chi connectivity index (χ3n) is 1.36. The molecule has 0 bridgehead atoms. The third kappa shape index (κ3) is 11.2. The van der Waals surface area contributed by atoms with Gasteiger partial charge in [0.25, 0.3) is 0 Å². The Morgan fingerprint density at radius 2 is 1.88 bits per heavy atom. The van der Waals surface area contributed by atoms with Gasteiger partial charge in [-0.25, -0.2) is 4.39 Å². The summed E-state index contributed by atoms with van der Waals surface area (Å²) in [5.74, 6) is 0.561. The van der Waals surface area contributed by atoms with Crippen LogP contribution in [0.25, 0.3) is 0 Å². The number of nitrogens with one attached hydrogen (secondary N) is 1. The second kappa shape index (κ2) is 11.4. The Bertz CT molecular complexity index is 322. The number of hydrogen-bond acceptors (Lipinski definition) is 3. The minimum atomic E-state index is -0.272. The van der Waals surface area contributed by atoms with Gasteiger partial charge in [0, 0.05) is 12.7 Å². The lowest BCUT2D eigenvalue weighted by Crippen LogP contribution is -2.00. The van der Waals surface area contributed by atoms with E-state index in [0.717, 1.165) is 11.5 Å². The van der Waals surface area contributed by atoms with Gasteiger partial charge in [-0.15, -0.1) is 12.8 Å². The second-order valence-corrected chi connectivity index (χ2v) is 4.29. The van der Waals surface area contributed by atoms with Crippen LogP contribution in [0.2, 0.25) is 0 Å². The topological polar surface area (TPSA) is 24.9 Å². The first kappa shape index (κ1) is 18.3. The number of nitrogens with zero attached hydrogens (tertiary/aromatic N) is 1. The first-order valence-electron chi connectivity index (χ1n) is 5.28. The fourth-order valence-corrected chi connectivity index (χ4v) is 0.916. The highest BCUT2D eigenvalue weighted by Gasteiger charge is 1.98. The maximum atomic E-state index is 12.8. The fraction of sp³-hybridized carbons (Fsp3) is 0.462. The molecule has 17 heavy (non-hydrogen) atoms. The summed E-state index contributed by atoms with van der Waals surface area (Å²) < 4.78 is 15.4. The Balaban J connectivity index is 0. The zero-order valence-electron chi connectivity index (χ0n) is 10.9. The molecule has 2 nitrogen and oxygen atoms in total. The number of hydrogen-bond donors (Lipinski definition) is 2. The molecule has 0 aromatic carbocycles. The highest BCUT2D eigenvalue weighted by molar-refractivity contribution is 7.78. The molecular weight excluding hydrogens is 235 g/mol. The van der Waals surface area contributed by atoms with Gasteiger partial charge in [0.05, 0.1) is 5.69 Å². The van der Waals surface area contributed by atoms with Gasteiger partial charge in [-0.05, 0) is 24.5 Å². The lowest BCUT2D eigenvalue weighted by molar-refractivity contribution is 0.606. The molecule has 1 rings (SSSR count). The molecule has 1 aromatic rings. The molecule has 0 saturated carbocycles. The van der Waals surface area contributed by atoms with Gasteiger partial charge in [0.2, 0.25) is 0 Å². The van der Waals surface area contributed by atoms with Crippen molar-refractivity contribution in [3.05, 3.63) is 29.3 Å². The molecule has 96 valence electrons. The standard InChI is InChI=1S/C7H9FN2S.C4H10.C2H2/c1-5-7(8)2-6(3-9-5)4-10-11;1-4(2)3;1-2/h2-3,10-11H,4H2,1H3;4H,1-3H3;1-2H. The van der Waals surface area contributed by atoms with E-state index in [1.54, 1.807) is 13.1 Å². The van der Waals surface area contributed by atoms with Crippen molar-refractivity contribution in [3.8, 4) is 12.8 Å². The number of aromatic nitrogens is 1. The summed E-state index contributed by atoms with van der Waals surface area (Å²) in [5, 5.41) is 0. The van der Waals surface area contributed by atoms with Gasteiger partial charge in [-0.1, -0.05) is 33.6 Å². The molecule has 1 N–H and O–H groups in total. The summed E-state index contributed by atoms with van der Waals surface area (Å²) in [4.78, 5) is 3.85. The molecule has 0 spiro atoms. The van der Waals surface area contributed by atoms with Gasteiger partial charge in [0.1, 0.15) is 5.82 Å². The van der Waals surface area contributed by atoms with Crippen molar-refractivity contribution in [2.24, 2.45) is 5.92 Å². The predicted octanol–water partition coefficient (Wildman–Crippen LogP) is 3.38. The van der Waals surface area contributed by atoms with Crippen molar-refractivity contribution in [3.63, 3.8) is 0 Å². The van der Waals surface area contributed by atoms with E-state index in [2.05, 4.69) is 56.1 Å². The summed E-state index contributed by atoms with van der Waals surface area (Å²) in [6.07, 6.45) is 9.63. The van der Waals surface area contributed by atoms with Crippen LogP contribution in [0, 0.1) is 31.5 Å². The smallest absolute Gasteiger partial charge is 0.144 e. The summed E-state index contributed by atoms with van der Waals surface area (Å²) in [6.45, 7) is 8.65. The molecule has 0 radical (unpaired) electrons. The number of thiol groups is 1. The molecule has 4 heteroatoms. The number of aryl methyl sites for hydroxylation is 1. The molecule has 0 aliphatic carbocycles. The van der Waals surface area contributed by atoms with Crippen molar-refractivity contribution >= 4 is 12.8 Å². The van der Waals surface area contributed by atoms with Gasteiger partial charge < -0.3 is 0 Å². The molecule has 0 aliphatic rings. The van der Waals surface area contributed by atoms with E-state index >= 15 is 0 Å². The zero-order chi connectivity index (χ0) is 13.8. The molecule has 0 fully saturated rings. The first-order valence-corrected chi connectivity index (χ1v) is 5.73. The summed E-state index contributed by atoms with van der Waals surface area (Å²) in [7, 11) is 0. The van der Waals surface area contributed by atoms with Crippen LogP contribution in [0.4, 0.5) is 4.39 Å². The van der Waals surface area contributed by atoms with Crippen molar-refractivity contribution in [1.82, 2.24) is 9.71 Å². The van der Waals surface area contributed by atoms with E-state index in [9.17, 15) is 4.39 Å². The number of pyridine rings is 1. The maximum absolute atomic E-state index is 12.8. The molecule has 1 heterocycles. The van der Waals surface area contributed by atoms with E-state index in [-0.39, 0.29) is 5.82 Å². The second-order valence-electron chi connectivity index (χ2n) is 3.98. The maximum Gasteiger partial charge on any atom is 0.144 e. The van der Waals surface area contributed by atoms with E-state index in [1.165, 1.54) is 6.07 Å². The van der Waals surface area contributed by atoms with Crippen LogP contribution in [-0.2, 0) is 6.54 Å². The highest BCUT2D eigenvalue weighted by atomic mass is 32.1. The van der Waals surface area contributed by atoms with Crippen LogP contribution in [0.15, 0.2) is 12.3 Å². The lowest BCUT2D eigenvalue weighted by Gasteiger charge is -1.99. The Morgan fingerprint density at radius 3 is 2.24 bits per heavy atom. The zero-order valence-corrected chi connectivity index (χ0v) is 11.8. The van der Waals surface area contributed by atoms with Crippen molar-refractivity contribution in [2.45, 2.75) is 34.2 Å². The molecule has 0 atom stereocenters. The van der Waals surface area contributed by atoms with Gasteiger partial charge in [0.15, 0.2) is 0 Å². The van der Waals surface area contributed by atoms with Crippen molar-refractivity contribution in [2.75, 3.05) is 0 Å². The predicted molar refractivity (Wildman–Crippen MR) is 75.2 cm³/mol. The van der Waals surface area contributed by atoms with E-state index < -0.39 is 0 Å². The number of halogens is 1. The third-order valence-corrected chi connectivity index (χ3v) is 1.52. The monoisotopic (exact) mass is 256 g/mol. The van der Waals surface area contributed by atoms with Gasteiger partial charge >= 0.3 is 0 Å². The molecule has 1 aromatic heterocycles. The highest BCUT2D eigenvalue weighted by Crippen LogP contribution is 2.05. The summed E-state index contributed by atoms with van der Waals surface area (Å²) in [5.41, 5.74) is 1.22. The first-order chi connectivity index (χ1) is 7.97. The van der Waals surface area contributed by atoms with Crippen molar-refractivity contribution in [1.29, 1.82) is 0 Å². The number of terminal acetylenes is 1.